The molecule has 6 nitrogen and oxygen atoms in total. The highest BCUT2D eigenvalue weighted by Gasteiger charge is 2.08. The second-order valence-electron chi connectivity index (χ2n) is 4.86. The Bertz CT molecular complexity index is 834. The summed E-state index contributed by atoms with van der Waals surface area (Å²) in [4.78, 5) is 19.6. The number of aromatic carboxylic acids is 1. The topological polar surface area (TPSA) is 112 Å². The maximum Gasteiger partial charge on any atom is 0.118 e. The second-order valence-corrected chi connectivity index (χ2v) is 4.86. The quantitative estimate of drug-likeness (QED) is 0.793. The third-order valence-corrected chi connectivity index (χ3v) is 3.39. The molecule has 0 aliphatic rings. The fraction of sp³-hybridized carbons (Fsp3) is 0.0556. The number of hydrogen-bond acceptors (Lipinski definition) is 5. The average molecular weight is 323 g/mol. The van der Waals surface area contributed by atoms with E-state index < -0.39 is 5.97 Å². The molecule has 0 radical (unpaired) electrons. The Hall–Kier alpha value is -3.25. The Balaban J connectivity index is 0.00000208. The smallest absolute Gasteiger partial charge is 0.118 e. The SMILES string of the molecule is COc1ccc(-c2cc(C(=O)[O-])nc(-c3ccccn3)c2)cc1.[NH4+]. The summed E-state index contributed by atoms with van der Waals surface area (Å²) in [5.41, 5.74) is 2.54. The lowest BCUT2D eigenvalue weighted by atomic mass is 10.0. The molecule has 0 spiro atoms. The van der Waals surface area contributed by atoms with Gasteiger partial charge in [0.15, 0.2) is 0 Å². The molecule has 122 valence electrons. The van der Waals surface area contributed by atoms with E-state index in [1.165, 1.54) is 6.07 Å². The van der Waals surface area contributed by atoms with E-state index in [1.807, 2.05) is 30.3 Å². The number of hydrogen-bond donors (Lipinski definition) is 1. The molecule has 0 aliphatic carbocycles. The molecule has 0 fully saturated rings. The van der Waals surface area contributed by atoms with Crippen LogP contribution >= 0.6 is 0 Å². The van der Waals surface area contributed by atoms with Gasteiger partial charge in [0, 0.05) is 6.20 Å². The summed E-state index contributed by atoms with van der Waals surface area (Å²) in [5.74, 6) is -0.592. The predicted octanol–water partition coefficient (Wildman–Crippen LogP) is 2.56. The number of carbonyl (C=O) groups excluding carboxylic acids is 1. The molecule has 1 aromatic carbocycles. The van der Waals surface area contributed by atoms with E-state index in [0.29, 0.717) is 11.4 Å². The molecule has 0 atom stereocenters. The summed E-state index contributed by atoms with van der Waals surface area (Å²) < 4.78 is 5.13. The number of quaternary nitrogens is 1. The largest absolute Gasteiger partial charge is 0.543 e. The summed E-state index contributed by atoms with van der Waals surface area (Å²) in [6.45, 7) is 0. The first-order valence-corrected chi connectivity index (χ1v) is 6.96. The van der Waals surface area contributed by atoms with Crippen molar-refractivity contribution < 1.29 is 14.6 Å². The minimum absolute atomic E-state index is 0. The number of rotatable bonds is 4. The molecule has 6 heteroatoms. The van der Waals surface area contributed by atoms with Gasteiger partial charge in [-0.25, -0.2) is 4.98 Å². The Kier molecular flexibility index (Phi) is 5.23. The maximum atomic E-state index is 11.3. The van der Waals surface area contributed by atoms with Crippen molar-refractivity contribution in [3.05, 3.63) is 66.5 Å². The van der Waals surface area contributed by atoms with Crippen LogP contribution in [0.3, 0.4) is 0 Å². The van der Waals surface area contributed by atoms with Crippen molar-refractivity contribution in [2.45, 2.75) is 0 Å². The molecular weight excluding hydrogens is 306 g/mol. The maximum absolute atomic E-state index is 11.3. The number of carbonyl (C=O) groups is 1. The molecular formula is C18H17N3O3. The third kappa shape index (κ3) is 3.56. The summed E-state index contributed by atoms with van der Waals surface area (Å²) >= 11 is 0. The predicted molar refractivity (Wildman–Crippen MR) is 89.8 cm³/mol. The van der Waals surface area contributed by atoms with Gasteiger partial charge in [0.05, 0.1) is 30.2 Å². The molecule has 0 bridgehead atoms. The standard InChI is InChI=1S/C18H14N2O3.H3N/c1-23-14-7-5-12(6-8-14)13-10-16(15-4-2-3-9-19-15)20-17(11-13)18(21)22;/h2-11H,1H3,(H,21,22);1H3. The minimum atomic E-state index is -1.32. The third-order valence-electron chi connectivity index (χ3n) is 3.39. The number of nitrogens with zero attached hydrogens (tertiary/aromatic N) is 2. The van der Waals surface area contributed by atoms with Crippen LogP contribution in [0.25, 0.3) is 22.5 Å². The van der Waals surface area contributed by atoms with Crippen molar-refractivity contribution in [2.75, 3.05) is 7.11 Å². The van der Waals surface area contributed by atoms with Crippen molar-refractivity contribution in [3.8, 4) is 28.3 Å². The van der Waals surface area contributed by atoms with Crippen LogP contribution in [0.4, 0.5) is 0 Å². The summed E-state index contributed by atoms with van der Waals surface area (Å²) in [5, 5.41) is 11.3. The monoisotopic (exact) mass is 323 g/mol. The Morgan fingerprint density at radius 2 is 1.75 bits per heavy atom. The van der Waals surface area contributed by atoms with E-state index in [0.717, 1.165) is 16.9 Å². The molecule has 0 saturated heterocycles. The minimum Gasteiger partial charge on any atom is -0.543 e. The van der Waals surface area contributed by atoms with Gasteiger partial charge < -0.3 is 20.8 Å². The van der Waals surface area contributed by atoms with Gasteiger partial charge in [-0.2, -0.15) is 0 Å². The van der Waals surface area contributed by atoms with Crippen LogP contribution in [-0.2, 0) is 0 Å². The summed E-state index contributed by atoms with van der Waals surface area (Å²) in [6, 6.07) is 16.0. The molecule has 0 unspecified atom stereocenters. The zero-order valence-corrected chi connectivity index (χ0v) is 13.4. The first kappa shape index (κ1) is 17.1. The number of pyridine rings is 2. The van der Waals surface area contributed by atoms with Gasteiger partial charge in [0.2, 0.25) is 0 Å². The fourth-order valence-corrected chi connectivity index (χ4v) is 2.23. The Labute approximate surface area is 139 Å². The van der Waals surface area contributed by atoms with Gasteiger partial charge >= 0.3 is 0 Å². The molecule has 0 saturated carbocycles. The zero-order valence-electron chi connectivity index (χ0n) is 13.4. The van der Waals surface area contributed by atoms with Gasteiger partial charge in [-0.3, -0.25) is 4.98 Å². The first-order chi connectivity index (χ1) is 11.2. The van der Waals surface area contributed by atoms with E-state index in [4.69, 9.17) is 4.74 Å². The number of carboxylic acids is 1. The molecule has 4 N–H and O–H groups in total. The number of ether oxygens (including phenoxy) is 1. The van der Waals surface area contributed by atoms with Crippen molar-refractivity contribution in [2.24, 2.45) is 0 Å². The molecule has 3 aromatic rings. The Morgan fingerprint density at radius 1 is 1.00 bits per heavy atom. The number of carboxylic acid groups (broad SMARTS) is 1. The van der Waals surface area contributed by atoms with E-state index in [9.17, 15) is 9.90 Å². The molecule has 3 rings (SSSR count). The second kappa shape index (κ2) is 7.34. The normalized spacial score (nSPS) is 9.88. The highest BCUT2D eigenvalue weighted by Crippen LogP contribution is 2.26. The van der Waals surface area contributed by atoms with Crippen molar-refractivity contribution >= 4 is 5.97 Å². The first-order valence-electron chi connectivity index (χ1n) is 6.96. The van der Waals surface area contributed by atoms with E-state index >= 15 is 0 Å². The van der Waals surface area contributed by atoms with E-state index in [2.05, 4.69) is 9.97 Å². The zero-order chi connectivity index (χ0) is 16.2. The highest BCUT2D eigenvalue weighted by atomic mass is 16.5. The Morgan fingerprint density at radius 3 is 2.33 bits per heavy atom. The van der Waals surface area contributed by atoms with Crippen LogP contribution in [-0.4, -0.2) is 23.0 Å². The lowest BCUT2D eigenvalue weighted by Crippen LogP contribution is -2.23. The van der Waals surface area contributed by atoms with Crippen LogP contribution in [0, 0.1) is 0 Å². The van der Waals surface area contributed by atoms with Gasteiger partial charge in [0.25, 0.3) is 0 Å². The van der Waals surface area contributed by atoms with Crippen LogP contribution < -0.4 is 16.0 Å². The molecule has 2 aromatic heterocycles. The van der Waals surface area contributed by atoms with Crippen molar-refractivity contribution in [1.29, 1.82) is 0 Å². The van der Waals surface area contributed by atoms with Crippen molar-refractivity contribution in [3.63, 3.8) is 0 Å². The molecule has 2 heterocycles. The van der Waals surface area contributed by atoms with Gasteiger partial charge in [0.1, 0.15) is 5.75 Å². The van der Waals surface area contributed by atoms with Gasteiger partial charge in [-0.15, -0.1) is 0 Å². The number of benzene rings is 1. The lowest BCUT2D eigenvalue weighted by molar-refractivity contribution is -0.255. The van der Waals surface area contributed by atoms with Crippen LogP contribution in [0.5, 0.6) is 5.75 Å². The number of methoxy groups -OCH3 is 1. The van der Waals surface area contributed by atoms with Crippen LogP contribution in [0.2, 0.25) is 0 Å². The molecule has 0 amide bonds. The summed E-state index contributed by atoms with van der Waals surface area (Å²) in [6.07, 6.45) is 1.63. The number of aromatic nitrogens is 2. The van der Waals surface area contributed by atoms with Gasteiger partial charge in [-0.1, -0.05) is 18.2 Å². The molecule has 24 heavy (non-hydrogen) atoms. The fourth-order valence-electron chi connectivity index (χ4n) is 2.23. The highest BCUT2D eigenvalue weighted by molar-refractivity contribution is 5.87. The molecule has 0 aliphatic heterocycles. The lowest BCUT2D eigenvalue weighted by Gasteiger charge is -2.10. The average Bonchev–Trinajstić information content (AvgIpc) is 2.62. The van der Waals surface area contributed by atoms with Crippen LogP contribution in [0.1, 0.15) is 10.5 Å². The summed E-state index contributed by atoms with van der Waals surface area (Å²) in [7, 11) is 1.59. The van der Waals surface area contributed by atoms with Crippen LogP contribution in [0.15, 0.2) is 60.8 Å². The van der Waals surface area contributed by atoms with Crippen molar-refractivity contribution in [1.82, 2.24) is 16.1 Å². The van der Waals surface area contributed by atoms with Gasteiger partial charge in [-0.05, 0) is 47.5 Å². The van der Waals surface area contributed by atoms with E-state index in [-0.39, 0.29) is 11.8 Å². The van der Waals surface area contributed by atoms with E-state index in [1.54, 1.807) is 31.5 Å².